The fourth-order valence-corrected chi connectivity index (χ4v) is 2.75. The molecule has 0 aliphatic carbocycles. The fraction of sp³-hybridized carbons (Fsp3) is 0.353. The molecule has 0 fully saturated rings. The summed E-state index contributed by atoms with van der Waals surface area (Å²) in [4.78, 5) is 15.9. The standard InChI is InChI=1S/C17H20N4O3/c1-11-5-4-6-12(2)16(11)24-9-14(22)8-20-13(3)7-15(23)21-17(20)18-10-19-21/h4-7,10,14,22H,8-9H2,1-3H3. The molecule has 0 aliphatic rings. The summed E-state index contributed by atoms with van der Waals surface area (Å²) in [6, 6.07) is 7.39. The van der Waals surface area contributed by atoms with E-state index in [4.69, 9.17) is 4.74 Å². The molecule has 1 atom stereocenters. The van der Waals surface area contributed by atoms with E-state index in [2.05, 4.69) is 10.1 Å². The molecule has 2 aromatic heterocycles. The predicted octanol–water partition coefficient (Wildman–Crippen LogP) is 1.26. The van der Waals surface area contributed by atoms with E-state index in [-0.39, 0.29) is 18.7 Å². The van der Waals surface area contributed by atoms with Gasteiger partial charge in [-0.3, -0.25) is 4.79 Å². The lowest BCUT2D eigenvalue weighted by atomic mass is 10.1. The third-order valence-electron chi connectivity index (χ3n) is 3.96. The molecule has 1 N–H and O–H groups in total. The topological polar surface area (TPSA) is 81.7 Å². The van der Waals surface area contributed by atoms with Crippen LogP contribution in [-0.2, 0) is 6.54 Å². The Morgan fingerprint density at radius 2 is 1.96 bits per heavy atom. The Bertz CT molecular complexity index is 909. The van der Waals surface area contributed by atoms with Crippen LogP contribution in [0.15, 0.2) is 35.4 Å². The Labute approximate surface area is 139 Å². The third kappa shape index (κ3) is 3.03. The lowest BCUT2D eigenvalue weighted by Gasteiger charge is -2.18. The zero-order chi connectivity index (χ0) is 17.3. The average Bonchev–Trinajstić information content (AvgIpc) is 3.01. The molecule has 0 amide bonds. The molecule has 3 aromatic rings. The summed E-state index contributed by atoms with van der Waals surface area (Å²) in [5.41, 5.74) is 2.53. The summed E-state index contributed by atoms with van der Waals surface area (Å²) in [5.74, 6) is 1.20. The lowest BCUT2D eigenvalue weighted by Crippen LogP contribution is -2.28. The van der Waals surface area contributed by atoms with E-state index in [1.807, 2.05) is 32.0 Å². The van der Waals surface area contributed by atoms with Crippen LogP contribution < -0.4 is 10.3 Å². The molecule has 126 valence electrons. The largest absolute Gasteiger partial charge is 0.490 e. The van der Waals surface area contributed by atoms with Gasteiger partial charge >= 0.3 is 0 Å². The zero-order valence-corrected chi connectivity index (χ0v) is 13.9. The number of nitrogens with zero attached hydrogens (tertiary/aromatic N) is 4. The van der Waals surface area contributed by atoms with Crippen molar-refractivity contribution in [2.45, 2.75) is 33.4 Å². The molecule has 24 heavy (non-hydrogen) atoms. The molecule has 1 aromatic carbocycles. The quantitative estimate of drug-likeness (QED) is 0.762. The first-order valence-electron chi connectivity index (χ1n) is 7.74. The number of aliphatic hydroxyl groups excluding tert-OH is 1. The molecular formula is C17H20N4O3. The maximum Gasteiger partial charge on any atom is 0.275 e. The van der Waals surface area contributed by atoms with Crippen molar-refractivity contribution >= 4 is 5.78 Å². The van der Waals surface area contributed by atoms with Gasteiger partial charge < -0.3 is 14.4 Å². The van der Waals surface area contributed by atoms with Crippen LogP contribution in [0, 0.1) is 20.8 Å². The van der Waals surface area contributed by atoms with Crippen molar-refractivity contribution in [1.82, 2.24) is 19.2 Å². The second-order valence-electron chi connectivity index (χ2n) is 5.89. The van der Waals surface area contributed by atoms with Crippen LogP contribution >= 0.6 is 0 Å². The molecule has 7 heteroatoms. The highest BCUT2D eigenvalue weighted by Crippen LogP contribution is 2.22. The number of hydrogen-bond donors (Lipinski definition) is 1. The zero-order valence-electron chi connectivity index (χ0n) is 13.9. The molecule has 1 unspecified atom stereocenters. The first-order valence-corrected chi connectivity index (χ1v) is 7.74. The lowest BCUT2D eigenvalue weighted by molar-refractivity contribution is 0.0918. The summed E-state index contributed by atoms with van der Waals surface area (Å²) in [6.07, 6.45) is 0.581. The summed E-state index contributed by atoms with van der Waals surface area (Å²) < 4.78 is 8.76. The smallest absolute Gasteiger partial charge is 0.275 e. The minimum atomic E-state index is -0.745. The van der Waals surface area contributed by atoms with Gasteiger partial charge in [-0.05, 0) is 31.9 Å². The van der Waals surface area contributed by atoms with E-state index in [0.29, 0.717) is 11.5 Å². The van der Waals surface area contributed by atoms with Gasteiger partial charge in [-0.25, -0.2) is 0 Å². The molecular weight excluding hydrogens is 308 g/mol. The Hall–Kier alpha value is -2.67. The van der Waals surface area contributed by atoms with Crippen LogP contribution in [0.1, 0.15) is 16.8 Å². The van der Waals surface area contributed by atoms with Gasteiger partial charge in [0.05, 0.1) is 6.54 Å². The van der Waals surface area contributed by atoms with Gasteiger partial charge in [0.2, 0.25) is 5.78 Å². The number of aryl methyl sites for hydroxylation is 3. The van der Waals surface area contributed by atoms with Gasteiger partial charge in [0, 0.05) is 11.8 Å². The number of fused-ring (bicyclic) bond motifs is 1. The van der Waals surface area contributed by atoms with E-state index in [1.54, 1.807) is 11.5 Å². The maximum absolute atomic E-state index is 11.8. The minimum Gasteiger partial charge on any atom is -0.490 e. The van der Waals surface area contributed by atoms with Gasteiger partial charge in [0.15, 0.2) is 0 Å². The second kappa shape index (κ2) is 6.45. The molecule has 3 rings (SSSR count). The number of rotatable bonds is 5. The van der Waals surface area contributed by atoms with Crippen LogP contribution in [0.25, 0.3) is 5.78 Å². The average molecular weight is 328 g/mol. The Morgan fingerprint density at radius 1 is 1.25 bits per heavy atom. The Morgan fingerprint density at radius 3 is 2.67 bits per heavy atom. The molecule has 0 saturated heterocycles. The normalized spacial score (nSPS) is 12.5. The highest BCUT2D eigenvalue weighted by molar-refractivity contribution is 5.39. The Kier molecular flexibility index (Phi) is 4.35. The third-order valence-corrected chi connectivity index (χ3v) is 3.96. The summed E-state index contributed by atoms with van der Waals surface area (Å²) in [5, 5.41) is 14.3. The summed E-state index contributed by atoms with van der Waals surface area (Å²) >= 11 is 0. The van der Waals surface area contributed by atoms with Crippen molar-refractivity contribution in [3.8, 4) is 5.75 Å². The highest BCUT2D eigenvalue weighted by atomic mass is 16.5. The predicted molar refractivity (Wildman–Crippen MR) is 89.4 cm³/mol. The van der Waals surface area contributed by atoms with Crippen LogP contribution in [0.2, 0.25) is 0 Å². The van der Waals surface area contributed by atoms with Crippen molar-refractivity contribution < 1.29 is 9.84 Å². The number of hydrogen-bond acceptors (Lipinski definition) is 5. The van der Waals surface area contributed by atoms with Crippen molar-refractivity contribution in [3.63, 3.8) is 0 Å². The van der Waals surface area contributed by atoms with Gasteiger partial charge in [0.1, 0.15) is 24.8 Å². The van der Waals surface area contributed by atoms with Gasteiger partial charge in [0.25, 0.3) is 5.56 Å². The van der Waals surface area contributed by atoms with Crippen molar-refractivity contribution in [2.24, 2.45) is 0 Å². The number of aromatic nitrogens is 4. The highest BCUT2D eigenvalue weighted by Gasteiger charge is 2.14. The van der Waals surface area contributed by atoms with Crippen LogP contribution in [0.5, 0.6) is 5.75 Å². The SMILES string of the molecule is Cc1cccc(C)c1OCC(O)Cn1c(C)cc(=O)n2ncnc12. The van der Waals surface area contributed by atoms with Crippen LogP contribution in [0.3, 0.4) is 0 Å². The van der Waals surface area contributed by atoms with Gasteiger partial charge in [-0.1, -0.05) is 18.2 Å². The molecule has 2 heterocycles. The summed E-state index contributed by atoms with van der Waals surface area (Å²) in [7, 11) is 0. The van der Waals surface area contributed by atoms with Gasteiger partial charge in [-0.15, -0.1) is 0 Å². The van der Waals surface area contributed by atoms with E-state index in [1.165, 1.54) is 16.9 Å². The summed E-state index contributed by atoms with van der Waals surface area (Å²) in [6.45, 7) is 6.16. The van der Waals surface area contributed by atoms with Crippen molar-refractivity contribution in [3.05, 3.63) is 57.8 Å². The van der Waals surface area contributed by atoms with E-state index >= 15 is 0 Å². The second-order valence-corrected chi connectivity index (χ2v) is 5.89. The van der Waals surface area contributed by atoms with Crippen LogP contribution in [-0.4, -0.2) is 37.0 Å². The number of ether oxygens (including phenoxy) is 1. The number of para-hydroxylation sites is 1. The van der Waals surface area contributed by atoms with Gasteiger partial charge in [-0.2, -0.15) is 14.6 Å². The van der Waals surface area contributed by atoms with Crippen molar-refractivity contribution in [1.29, 1.82) is 0 Å². The Balaban J connectivity index is 1.77. The van der Waals surface area contributed by atoms with Crippen LogP contribution in [0.4, 0.5) is 0 Å². The first-order chi connectivity index (χ1) is 11.5. The molecule has 0 radical (unpaired) electrons. The first kappa shape index (κ1) is 16.2. The van der Waals surface area contributed by atoms with Crippen molar-refractivity contribution in [2.75, 3.05) is 6.61 Å². The van der Waals surface area contributed by atoms with E-state index < -0.39 is 6.10 Å². The molecule has 7 nitrogen and oxygen atoms in total. The van der Waals surface area contributed by atoms with E-state index in [9.17, 15) is 9.90 Å². The molecule has 0 spiro atoms. The molecule has 0 saturated carbocycles. The maximum atomic E-state index is 11.8. The molecule has 0 bridgehead atoms. The van der Waals surface area contributed by atoms with E-state index in [0.717, 1.165) is 16.9 Å². The minimum absolute atomic E-state index is 0.150. The number of aliphatic hydroxyl groups is 1. The number of benzene rings is 1. The molecule has 0 aliphatic heterocycles. The fourth-order valence-electron chi connectivity index (χ4n) is 2.75. The monoisotopic (exact) mass is 328 g/mol.